The molecule has 598 valence electrons. The number of thiol groups is 2. The van der Waals surface area contributed by atoms with Crippen molar-refractivity contribution in [2.45, 2.75) is 183 Å². The topological polar surface area (TPSA) is 619 Å². The first kappa shape index (κ1) is 91.1. The lowest BCUT2D eigenvalue weighted by atomic mass is 10.0. The normalized spacial score (nSPS) is 15.3. The number of rotatable bonds is 48. The van der Waals surface area contributed by atoms with Gasteiger partial charge in [-0.05, 0) is 102 Å². The largest absolute Gasteiger partial charge is 0.394 e. The molecule has 0 unspecified atom stereocenters. The molecule has 27 N–H and O–H groups in total. The van der Waals surface area contributed by atoms with E-state index >= 15 is 9.59 Å². The molecule has 15 atom stereocenters. The van der Waals surface area contributed by atoms with Crippen LogP contribution in [0.4, 0.5) is 0 Å². The number of carbonyl (C=O) groups excluding carboxylic acids is 15. The quantitative estimate of drug-likeness (QED) is 0.0144. The van der Waals surface area contributed by atoms with Crippen molar-refractivity contribution in [1.82, 2.24) is 74.1 Å². The minimum Gasteiger partial charge on any atom is -0.394 e. The highest BCUT2D eigenvalue weighted by Crippen LogP contribution is 2.20. The van der Waals surface area contributed by atoms with E-state index in [2.05, 4.69) is 99.4 Å². The average Bonchev–Trinajstić information content (AvgIpc) is 1.70. The number of carbonyl (C=O) groups is 15. The van der Waals surface area contributed by atoms with Gasteiger partial charge >= 0.3 is 0 Å². The monoisotopic (exact) mass is 1560 g/mol. The summed E-state index contributed by atoms with van der Waals surface area (Å²) in [6.45, 7) is 3.65. The molecule has 4 aromatic rings. The highest BCUT2D eigenvalue weighted by molar-refractivity contribution is 7.80. The molecule has 0 saturated heterocycles. The number of fused-ring (bicyclic) bond motifs is 1. The zero-order valence-electron chi connectivity index (χ0n) is 60.9. The van der Waals surface area contributed by atoms with E-state index in [0.29, 0.717) is 40.4 Å². The molecular formula is C70H103N19O18S2. The Bertz CT molecular complexity index is 3750. The first-order valence-corrected chi connectivity index (χ1v) is 36.5. The lowest BCUT2D eigenvalue weighted by Crippen LogP contribution is -2.63. The Morgan fingerprint density at radius 2 is 0.826 bits per heavy atom. The van der Waals surface area contributed by atoms with Gasteiger partial charge in [0, 0.05) is 47.9 Å². The van der Waals surface area contributed by atoms with Crippen molar-refractivity contribution in [2.24, 2.45) is 28.7 Å². The van der Waals surface area contributed by atoms with Crippen LogP contribution in [0.3, 0.4) is 0 Å². The van der Waals surface area contributed by atoms with Crippen molar-refractivity contribution in [3.63, 3.8) is 0 Å². The fourth-order valence-corrected chi connectivity index (χ4v) is 11.4. The Labute approximate surface area is 640 Å². The molecule has 0 radical (unpaired) electrons. The van der Waals surface area contributed by atoms with Crippen LogP contribution in [0, 0.1) is 0 Å². The second kappa shape index (κ2) is 46.8. The summed E-state index contributed by atoms with van der Waals surface area (Å²) in [6.07, 6.45) is -2.51. The maximum Gasteiger partial charge on any atom is 0.245 e. The van der Waals surface area contributed by atoms with E-state index in [-0.39, 0.29) is 69.5 Å². The van der Waals surface area contributed by atoms with E-state index in [4.69, 9.17) is 28.7 Å². The van der Waals surface area contributed by atoms with Crippen LogP contribution in [0.5, 0.6) is 0 Å². The Morgan fingerprint density at radius 3 is 1.29 bits per heavy atom. The number of hydrogen-bond donors (Lipinski definition) is 24. The van der Waals surface area contributed by atoms with Gasteiger partial charge in [-0.15, -0.1) is 0 Å². The molecule has 4 rings (SSSR count). The molecule has 39 heteroatoms. The summed E-state index contributed by atoms with van der Waals surface area (Å²) in [5.74, 6) is -15.5. The number of amides is 15. The smallest absolute Gasteiger partial charge is 0.245 e. The van der Waals surface area contributed by atoms with Gasteiger partial charge in [-0.25, -0.2) is 0 Å². The summed E-state index contributed by atoms with van der Waals surface area (Å²) >= 11 is 8.12. The van der Waals surface area contributed by atoms with E-state index in [1.807, 2.05) is 0 Å². The number of aromatic nitrogens is 1. The third-order valence-corrected chi connectivity index (χ3v) is 17.7. The van der Waals surface area contributed by atoms with Gasteiger partial charge in [0.2, 0.25) is 88.6 Å². The fraction of sp³-hybridized carbons (Fsp3) is 0.500. The van der Waals surface area contributed by atoms with Gasteiger partial charge in [-0.1, -0.05) is 78.9 Å². The zero-order chi connectivity index (χ0) is 81.0. The second-order valence-corrected chi connectivity index (χ2v) is 26.7. The Kier molecular flexibility index (Phi) is 39.1. The summed E-state index contributed by atoms with van der Waals surface area (Å²) in [7, 11) is 0. The van der Waals surface area contributed by atoms with E-state index in [9.17, 15) is 77.6 Å². The zero-order valence-corrected chi connectivity index (χ0v) is 62.7. The number of primary amides is 2. The van der Waals surface area contributed by atoms with Crippen LogP contribution in [0.25, 0.3) is 10.9 Å². The molecule has 1 heterocycles. The predicted octanol–water partition coefficient (Wildman–Crippen LogP) is -7.27. The Hall–Kier alpha value is -10.3. The van der Waals surface area contributed by atoms with Gasteiger partial charge in [-0.2, -0.15) is 25.3 Å². The van der Waals surface area contributed by atoms with Crippen molar-refractivity contribution >= 4 is 125 Å². The first-order chi connectivity index (χ1) is 51.7. The van der Waals surface area contributed by atoms with Gasteiger partial charge in [0.15, 0.2) is 0 Å². The van der Waals surface area contributed by atoms with Crippen molar-refractivity contribution in [2.75, 3.05) is 37.7 Å². The van der Waals surface area contributed by atoms with Gasteiger partial charge in [0.05, 0.1) is 37.8 Å². The highest BCUT2D eigenvalue weighted by atomic mass is 32.1. The summed E-state index contributed by atoms with van der Waals surface area (Å²) in [5.41, 5.74) is 30.0. The van der Waals surface area contributed by atoms with Gasteiger partial charge in [0.25, 0.3) is 0 Å². The van der Waals surface area contributed by atoms with Crippen LogP contribution in [0.2, 0.25) is 0 Å². The lowest BCUT2D eigenvalue weighted by molar-refractivity contribution is -0.138. The lowest BCUT2D eigenvalue weighted by Gasteiger charge is -2.29. The highest BCUT2D eigenvalue weighted by Gasteiger charge is 2.39. The minimum absolute atomic E-state index is 0.0618. The third-order valence-electron chi connectivity index (χ3n) is 17.0. The van der Waals surface area contributed by atoms with E-state index in [1.165, 1.54) is 13.8 Å². The van der Waals surface area contributed by atoms with Crippen LogP contribution in [0.1, 0.15) is 89.3 Å². The van der Waals surface area contributed by atoms with Crippen LogP contribution in [-0.2, 0) is 91.2 Å². The number of para-hydroxylation sites is 1. The molecule has 37 nitrogen and oxygen atoms in total. The number of aromatic amines is 1. The van der Waals surface area contributed by atoms with Gasteiger partial charge in [-0.3, -0.25) is 71.9 Å². The molecule has 0 aliphatic rings. The maximum absolute atomic E-state index is 15.1. The molecule has 3 aromatic carbocycles. The molecule has 0 spiro atoms. The predicted molar refractivity (Wildman–Crippen MR) is 405 cm³/mol. The van der Waals surface area contributed by atoms with E-state index < -0.39 is 199 Å². The number of hydrogen-bond acceptors (Lipinski definition) is 23. The fourth-order valence-electron chi connectivity index (χ4n) is 10.8. The van der Waals surface area contributed by atoms with Crippen molar-refractivity contribution in [1.29, 1.82) is 0 Å². The van der Waals surface area contributed by atoms with Crippen LogP contribution < -0.4 is 97.8 Å². The molecule has 0 saturated carbocycles. The first-order valence-electron chi connectivity index (χ1n) is 35.2. The molecule has 0 aliphatic heterocycles. The number of aliphatic hydroxyl groups excluding tert-OH is 3. The van der Waals surface area contributed by atoms with Gasteiger partial charge < -0.3 is 118 Å². The molecule has 15 amide bonds. The molecule has 0 aliphatic carbocycles. The third kappa shape index (κ3) is 30.7. The standard InChI is InChI=1S/C70H103N19O18S2/c1-36(73)59(96)77-32-55(94)79-53(35-109)68(105)81-45(23-13-15-25-71)61(98)84-50(30-54(74)93)63(100)78-37(2)60(97)82-47(27-40-17-7-5-8-18-40)64(101)83-49(29-42-31-76-44-22-12-11-21-43(42)44)65(102)80-46(24-14-16-26-72)62(99)88-56(38(3)91)69(106)85-48(28-41-19-9-6-10-20-41)66(103)89-57(39(4)92)70(107)86-51(33-90)67(104)87-52(34-108)58(75)95/h5-12,17-22,31,36-39,45-53,56-57,76,90-92,108-109H,13-16,23-30,32-35,71-73H2,1-4H3,(H2,74,93)(H2,75,95)(H,77,96)(H,78,100)(H,79,94)(H,80,102)(H,81,105)(H,82,97)(H,83,101)(H,84,98)(H,85,106)(H,86,107)(H,87,104)(H,88,99)(H,89,103)/t36-,37-,38+,39+,45-,46-,47-,48-,49-,50-,51-,52-,53-,56-,57-/m0/s1. The van der Waals surface area contributed by atoms with Crippen LogP contribution >= 0.6 is 25.3 Å². The SMILES string of the molecule is C[C@H](N)C(=O)NCC(=O)N[C@@H](CS)C(=O)N[C@@H](CCCCN)C(=O)N[C@@H](CC(N)=O)C(=O)N[C@@H](C)C(=O)N[C@@H](Cc1ccccc1)C(=O)N[C@@H](Cc1c[nH]c2ccccc12)C(=O)N[C@@H](CCCCN)C(=O)N[C@H](C(=O)N[C@@H](Cc1ccccc1)C(=O)N[C@H](C(=O)N[C@@H](CO)C(=O)N[C@@H](CS)C(N)=O)[C@@H](C)O)[C@@H](C)O. The summed E-state index contributed by atoms with van der Waals surface area (Å²) in [6, 6.07) is 3.26. The second-order valence-electron chi connectivity index (χ2n) is 25.9. The number of benzene rings is 3. The van der Waals surface area contributed by atoms with E-state index in [1.54, 1.807) is 91.1 Å². The minimum atomic E-state index is -1.89. The summed E-state index contributed by atoms with van der Waals surface area (Å²) < 4.78 is 0. The van der Waals surface area contributed by atoms with Crippen LogP contribution in [0.15, 0.2) is 91.1 Å². The molecule has 0 fully saturated rings. The Morgan fingerprint density at radius 1 is 0.431 bits per heavy atom. The average molecular weight is 1560 g/mol. The summed E-state index contributed by atoms with van der Waals surface area (Å²) in [5, 5.41) is 64.5. The number of nitrogens with two attached hydrogens (primary N) is 5. The number of aliphatic hydroxyl groups is 3. The van der Waals surface area contributed by atoms with Crippen molar-refractivity contribution in [3.8, 4) is 0 Å². The molecule has 109 heavy (non-hydrogen) atoms. The molecule has 1 aromatic heterocycles. The van der Waals surface area contributed by atoms with Crippen LogP contribution in [-0.4, -0.2) is 237 Å². The maximum atomic E-state index is 15.1. The Balaban J connectivity index is 1.64. The number of H-pyrrole nitrogens is 1. The van der Waals surface area contributed by atoms with Crippen molar-refractivity contribution < 1.29 is 87.2 Å². The van der Waals surface area contributed by atoms with Gasteiger partial charge in [0.1, 0.15) is 72.5 Å². The molecule has 0 bridgehead atoms. The van der Waals surface area contributed by atoms with Crippen molar-refractivity contribution in [3.05, 3.63) is 108 Å². The number of unbranched alkanes of at least 4 members (excludes halogenated alkanes) is 2. The summed E-state index contributed by atoms with van der Waals surface area (Å²) in [4.78, 5) is 208. The van der Waals surface area contributed by atoms with E-state index in [0.717, 1.165) is 13.8 Å². The number of nitrogens with one attached hydrogen (secondary N) is 14. The molecular weight excluding hydrogens is 1460 g/mol.